The fourth-order valence-corrected chi connectivity index (χ4v) is 5.04. The van der Waals surface area contributed by atoms with E-state index >= 15 is 0 Å². The summed E-state index contributed by atoms with van der Waals surface area (Å²) in [4.78, 5) is 20.4. The molecule has 2 aromatic carbocycles. The van der Waals surface area contributed by atoms with Gasteiger partial charge in [-0.25, -0.2) is 4.79 Å². The van der Waals surface area contributed by atoms with E-state index in [4.69, 9.17) is 0 Å². The summed E-state index contributed by atoms with van der Waals surface area (Å²) in [5, 5.41) is 14.4. The Kier molecular flexibility index (Phi) is 7.35. The van der Waals surface area contributed by atoms with Crippen LogP contribution in [0.25, 0.3) is 22.5 Å². The molecule has 0 aliphatic heterocycles. The fraction of sp³-hybridized carbons (Fsp3) is 0.276. The van der Waals surface area contributed by atoms with Gasteiger partial charge in [0.15, 0.2) is 0 Å². The molecule has 3 heterocycles. The minimum absolute atomic E-state index is 0.0576. The molecule has 0 spiro atoms. The largest absolute Gasteiger partial charge is 0.326 e. The van der Waals surface area contributed by atoms with E-state index in [2.05, 4.69) is 86.0 Å². The molecule has 0 fully saturated rings. The van der Waals surface area contributed by atoms with E-state index in [1.54, 1.807) is 12.4 Å². The van der Waals surface area contributed by atoms with Crippen LogP contribution in [0.3, 0.4) is 0 Å². The maximum atomic E-state index is 13.0. The Morgan fingerprint density at radius 2 is 1.78 bits per heavy atom. The van der Waals surface area contributed by atoms with E-state index in [0.29, 0.717) is 12.4 Å². The normalized spacial score (nSPS) is 12.1. The zero-order valence-electron chi connectivity index (χ0n) is 21.2. The highest BCUT2D eigenvalue weighted by atomic mass is 16.1. The van der Waals surface area contributed by atoms with E-state index in [0.717, 1.165) is 59.3 Å². The van der Waals surface area contributed by atoms with Crippen LogP contribution in [-0.4, -0.2) is 35.2 Å². The third-order valence-electron chi connectivity index (χ3n) is 6.85. The lowest BCUT2D eigenvalue weighted by Gasteiger charge is -2.20. The molecule has 2 N–H and O–H groups in total. The molecule has 0 saturated carbocycles. The van der Waals surface area contributed by atoms with Gasteiger partial charge >= 0.3 is 5.69 Å². The van der Waals surface area contributed by atoms with E-state index in [-0.39, 0.29) is 11.6 Å². The number of nitrogens with zero attached hydrogens (tertiary/aromatic N) is 5. The first-order valence-electron chi connectivity index (χ1n) is 12.7. The number of imidazole rings is 1. The summed E-state index contributed by atoms with van der Waals surface area (Å²) in [6, 6.07) is 20.7. The Morgan fingerprint density at radius 1 is 0.973 bits per heavy atom. The molecule has 188 valence electrons. The number of nitrogens with one attached hydrogen (secondary N) is 2. The summed E-state index contributed by atoms with van der Waals surface area (Å²) in [5.74, 6) is 0.797. The Bertz CT molecular complexity index is 1490. The third-order valence-corrected chi connectivity index (χ3v) is 6.85. The number of pyridine rings is 1. The van der Waals surface area contributed by atoms with Crippen LogP contribution in [0.15, 0.2) is 77.9 Å². The number of aromatic nitrogens is 7. The van der Waals surface area contributed by atoms with Gasteiger partial charge in [0, 0.05) is 40.8 Å². The Morgan fingerprint density at radius 3 is 2.51 bits per heavy atom. The Labute approximate surface area is 215 Å². The molecule has 0 bridgehead atoms. The topological polar surface area (TPSA) is 105 Å². The quantitative estimate of drug-likeness (QED) is 0.275. The maximum absolute atomic E-state index is 13.0. The first kappa shape index (κ1) is 24.4. The highest BCUT2D eigenvalue weighted by Crippen LogP contribution is 2.30. The van der Waals surface area contributed by atoms with Crippen LogP contribution < -0.4 is 5.69 Å². The van der Waals surface area contributed by atoms with Crippen LogP contribution in [-0.2, 0) is 13.0 Å². The van der Waals surface area contributed by atoms with Gasteiger partial charge in [0.05, 0.1) is 6.54 Å². The number of unbranched alkanes of at least 4 members (excludes halogenated alkanes) is 1. The van der Waals surface area contributed by atoms with Crippen molar-refractivity contribution in [1.82, 2.24) is 35.2 Å². The summed E-state index contributed by atoms with van der Waals surface area (Å²) in [6.45, 7) is 4.74. The van der Waals surface area contributed by atoms with Crippen molar-refractivity contribution in [3.8, 4) is 22.5 Å². The van der Waals surface area contributed by atoms with Crippen molar-refractivity contribution in [3.63, 3.8) is 0 Å². The first-order chi connectivity index (χ1) is 18.1. The lowest BCUT2D eigenvalue weighted by molar-refractivity contribution is 0.537. The molecule has 0 saturated heterocycles. The van der Waals surface area contributed by atoms with Gasteiger partial charge in [0.2, 0.25) is 5.82 Å². The van der Waals surface area contributed by atoms with Crippen molar-refractivity contribution in [2.24, 2.45) is 0 Å². The fourth-order valence-electron chi connectivity index (χ4n) is 5.04. The lowest BCUT2D eigenvalue weighted by atomic mass is 9.90. The van der Waals surface area contributed by atoms with E-state index < -0.39 is 0 Å². The molecule has 1 atom stereocenters. The molecule has 5 aromatic rings. The molecule has 8 nitrogen and oxygen atoms in total. The van der Waals surface area contributed by atoms with Crippen molar-refractivity contribution in [1.29, 1.82) is 0 Å². The van der Waals surface area contributed by atoms with Gasteiger partial charge in [-0.2, -0.15) is 5.21 Å². The van der Waals surface area contributed by atoms with E-state index in [1.807, 2.05) is 23.6 Å². The predicted molar refractivity (Wildman–Crippen MR) is 144 cm³/mol. The maximum Gasteiger partial charge on any atom is 0.326 e. The average Bonchev–Trinajstić information content (AvgIpc) is 3.56. The van der Waals surface area contributed by atoms with Crippen molar-refractivity contribution >= 4 is 0 Å². The Hall–Kier alpha value is -4.33. The van der Waals surface area contributed by atoms with Gasteiger partial charge in [0.25, 0.3) is 0 Å². The molecule has 5 rings (SSSR count). The van der Waals surface area contributed by atoms with Gasteiger partial charge in [-0.3, -0.25) is 9.55 Å². The lowest BCUT2D eigenvalue weighted by Crippen LogP contribution is -2.22. The smallest absolute Gasteiger partial charge is 0.310 e. The number of aromatic amines is 2. The zero-order valence-corrected chi connectivity index (χ0v) is 21.2. The van der Waals surface area contributed by atoms with Crippen molar-refractivity contribution in [2.75, 3.05) is 0 Å². The van der Waals surface area contributed by atoms with Crippen molar-refractivity contribution in [3.05, 3.63) is 106 Å². The van der Waals surface area contributed by atoms with Gasteiger partial charge in [-0.15, -0.1) is 10.2 Å². The molecule has 0 aliphatic carbocycles. The monoisotopic (exact) mass is 493 g/mol. The number of rotatable bonds is 10. The van der Waals surface area contributed by atoms with Gasteiger partial charge in [-0.05, 0) is 47.7 Å². The summed E-state index contributed by atoms with van der Waals surface area (Å²) >= 11 is 0. The minimum atomic E-state index is -0.0576. The number of hydrogen-bond donors (Lipinski definition) is 2. The number of H-pyrrole nitrogens is 2. The Balaban J connectivity index is 1.44. The second kappa shape index (κ2) is 11.2. The minimum Gasteiger partial charge on any atom is -0.310 e. The van der Waals surface area contributed by atoms with Crippen molar-refractivity contribution in [2.45, 2.75) is 52.0 Å². The summed E-state index contributed by atoms with van der Waals surface area (Å²) in [5.41, 5.74) is 7.14. The van der Waals surface area contributed by atoms with Crippen LogP contribution in [0.4, 0.5) is 0 Å². The van der Waals surface area contributed by atoms with E-state index in [9.17, 15) is 4.79 Å². The predicted octanol–water partition coefficient (Wildman–Crippen LogP) is 5.29. The third kappa shape index (κ3) is 5.43. The average molecular weight is 494 g/mol. The van der Waals surface area contributed by atoms with Crippen LogP contribution >= 0.6 is 0 Å². The number of benzene rings is 2. The summed E-state index contributed by atoms with van der Waals surface area (Å²) < 4.78 is 1.92. The van der Waals surface area contributed by atoms with Crippen LogP contribution in [0.2, 0.25) is 0 Å². The highest BCUT2D eigenvalue weighted by molar-refractivity contribution is 5.79. The van der Waals surface area contributed by atoms with E-state index in [1.165, 1.54) is 5.56 Å². The number of hydrogen-bond acceptors (Lipinski definition) is 5. The standard InChI is InChI=1S/C29H31N7O/c1-3-4-10-24(17-21-8-6-5-7-9-21)27-20(2)31-29(37)36(27)19-22-11-13-23(14-12-22)26-18-30-16-15-25(26)28-32-34-35-33-28/h5-9,11-16,18,24H,3-4,10,17,19H2,1-2H3,(H,31,37)(H,32,33,34,35). The second-order valence-electron chi connectivity index (χ2n) is 9.41. The van der Waals surface area contributed by atoms with Crippen LogP contribution in [0.1, 0.15) is 54.6 Å². The number of tetrazole rings is 1. The molecule has 0 aliphatic rings. The van der Waals surface area contributed by atoms with Gasteiger partial charge < -0.3 is 4.98 Å². The molecule has 0 radical (unpaired) electrons. The zero-order chi connectivity index (χ0) is 25.6. The molecule has 3 aromatic heterocycles. The molecule has 1 unspecified atom stereocenters. The summed E-state index contributed by atoms with van der Waals surface area (Å²) in [7, 11) is 0. The molecular formula is C29H31N7O. The first-order valence-corrected chi connectivity index (χ1v) is 12.7. The van der Waals surface area contributed by atoms with Crippen molar-refractivity contribution < 1.29 is 0 Å². The molecule has 8 heteroatoms. The van der Waals surface area contributed by atoms with Crippen LogP contribution in [0.5, 0.6) is 0 Å². The van der Waals surface area contributed by atoms with Crippen LogP contribution in [0, 0.1) is 6.92 Å². The molecule has 37 heavy (non-hydrogen) atoms. The SMILES string of the molecule is CCCCC(Cc1ccccc1)c1c(C)[nH]c(=O)n1Cc1ccc(-c2cnccc2-c2nn[nH]n2)cc1. The van der Waals surface area contributed by atoms with Gasteiger partial charge in [0.1, 0.15) is 0 Å². The summed E-state index contributed by atoms with van der Waals surface area (Å²) in [6.07, 6.45) is 7.73. The highest BCUT2D eigenvalue weighted by Gasteiger charge is 2.22. The molecule has 0 amide bonds. The van der Waals surface area contributed by atoms with Gasteiger partial charge in [-0.1, -0.05) is 74.4 Å². The number of aryl methyl sites for hydroxylation is 1. The second-order valence-corrected chi connectivity index (χ2v) is 9.41. The molecular weight excluding hydrogens is 462 g/mol.